The van der Waals surface area contributed by atoms with Gasteiger partial charge in [-0.15, -0.1) is 6.42 Å². The normalized spacial score (nSPS) is 35.6. The highest BCUT2D eigenvalue weighted by molar-refractivity contribution is 5.98. The molecule has 38 heavy (non-hydrogen) atoms. The standard InChI is InChI=1S/C31H35F2N3O2/c1-3-31(32,33)30(38)15-14-26-24-12-10-21-16-22(35-36-28(34)37)11-13-23(21)27(24)25(17-29(26,30)2)20-8-6-19(7-9-20)18-4-5-18/h1,6-9,16,18,24-26,38H,4-5,10-15,17H2,2H3,(H3,34,36,37)/b35-22+/t24-,25?,26-,29-,30-/m0/s1. The Kier molecular flexibility index (Phi) is 5.84. The Morgan fingerprint density at radius 2 is 1.87 bits per heavy atom. The van der Waals surface area contributed by atoms with Gasteiger partial charge in [-0.2, -0.15) is 13.9 Å². The number of carbonyl (C=O) groups excluding carboxylic acids is 1. The van der Waals surface area contributed by atoms with Crippen molar-refractivity contribution < 1.29 is 18.7 Å². The maximum absolute atomic E-state index is 15.2. The number of alkyl halides is 2. The van der Waals surface area contributed by atoms with E-state index in [9.17, 15) is 9.90 Å². The van der Waals surface area contributed by atoms with E-state index in [0.717, 1.165) is 30.5 Å². The first kappa shape index (κ1) is 25.3. The average Bonchev–Trinajstić information content (AvgIpc) is 3.72. The molecule has 0 saturated heterocycles. The van der Waals surface area contributed by atoms with E-state index >= 15 is 8.78 Å². The van der Waals surface area contributed by atoms with Crippen LogP contribution in [0.15, 0.2) is 52.2 Å². The molecule has 0 spiro atoms. The summed E-state index contributed by atoms with van der Waals surface area (Å²) < 4.78 is 30.5. The third-order valence-corrected chi connectivity index (χ3v) is 10.3. The molecule has 3 fully saturated rings. The summed E-state index contributed by atoms with van der Waals surface area (Å²) in [6.45, 7) is 1.86. The molecule has 0 bridgehead atoms. The molecule has 5 atom stereocenters. The van der Waals surface area contributed by atoms with Crippen LogP contribution in [-0.4, -0.2) is 28.4 Å². The van der Waals surface area contributed by atoms with Crippen molar-refractivity contribution in [3.63, 3.8) is 0 Å². The summed E-state index contributed by atoms with van der Waals surface area (Å²) >= 11 is 0. The van der Waals surface area contributed by atoms with Crippen molar-refractivity contribution in [2.75, 3.05) is 0 Å². The predicted octanol–water partition coefficient (Wildman–Crippen LogP) is 5.92. The number of benzene rings is 1. The zero-order chi connectivity index (χ0) is 26.9. The number of nitrogens with two attached hydrogens (primary N) is 1. The van der Waals surface area contributed by atoms with Gasteiger partial charge in [0.1, 0.15) is 5.60 Å². The largest absolute Gasteiger partial charge is 0.382 e. The van der Waals surface area contributed by atoms with Gasteiger partial charge in [-0.1, -0.05) is 36.8 Å². The van der Waals surface area contributed by atoms with Crippen LogP contribution in [0.2, 0.25) is 0 Å². The fraction of sp³-hybridized carbons (Fsp3) is 0.548. The summed E-state index contributed by atoms with van der Waals surface area (Å²) in [6, 6.07) is 8.04. The fourth-order valence-electron chi connectivity index (χ4n) is 8.24. The molecule has 0 aliphatic heterocycles. The Labute approximate surface area is 222 Å². The number of carbonyl (C=O) groups is 1. The second-order valence-electron chi connectivity index (χ2n) is 12.2. The van der Waals surface area contributed by atoms with Crippen LogP contribution in [-0.2, 0) is 0 Å². The molecule has 7 heteroatoms. The van der Waals surface area contributed by atoms with E-state index in [1.807, 2.05) is 6.92 Å². The minimum atomic E-state index is -3.59. The van der Waals surface area contributed by atoms with Crippen molar-refractivity contribution in [1.82, 2.24) is 5.43 Å². The van der Waals surface area contributed by atoms with Gasteiger partial charge in [0.25, 0.3) is 0 Å². The number of urea groups is 1. The maximum atomic E-state index is 15.2. The average molecular weight is 520 g/mol. The van der Waals surface area contributed by atoms with Gasteiger partial charge in [-0.05, 0) is 110 Å². The van der Waals surface area contributed by atoms with Gasteiger partial charge in [-0.25, -0.2) is 10.2 Å². The molecule has 6 rings (SSSR count). The van der Waals surface area contributed by atoms with Crippen molar-refractivity contribution in [3.05, 3.63) is 58.2 Å². The second-order valence-corrected chi connectivity index (χ2v) is 12.2. The fourth-order valence-corrected chi connectivity index (χ4v) is 8.24. The smallest absolute Gasteiger partial charge is 0.336 e. The molecule has 3 saturated carbocycles. The predicted molar refractivity (Wildman–Crippen MR) is 143 cm³/mol. The molecule has 0 radical (unpaired) electrons. The van der Waals surface area contributed by atoms with Crippen molar-refractivity contribution in [2.45, 2.75) is 88.1 Å². The molecule has 0 heterocycles. The second kappa shape index (κ2) is 8.77. The summed E-state index contributed by atoms with van der Waals surface area (Å²) in [5.41, 5.74) is 11.4. The van der Waals surface area contributed by atoms with Gasteiger partial charge in [0.15, 0.2) is 0 Å². The highest BCUT2D eigenvalue weighted by atomic mass is 19.3. The summed E-state index contributed by atoms with van der Waals surface area (Å²) in [5.74, 6) is -1.34. The number of rotatable bonds is 4. The number of hydrogen-bond donors (Lipinski definition) is 3. The number of fused-ring (bicyclic) bond motifs is 4. The SMILES string of the molecule is C#CC(F)(F)[C@]1(O)CC[C@H]2[C@@H]3CCC4=C/C(=N/NC(N)=O)CCC4=C3C(c3ccc(C4CC4)cc3)C[C@@]21C. The zero-order valence-corrected chi connectivity index (χ0v) is 21.8. The Balaban J connectivity index is 1.46. The van der Waals surface area contributed by atoms with Crippen LogP contribution in [0.4, 0.5) is 13.6 Å². The van der Waals surface area contributed by atoms with E-state index in [-0.39, 0.29) is 24.2 Å². The minimum absolute atomic E-state index is 0.0100. The van der Waals surface area contributed by atoms with Crippen molar-refractivity contribution in [2.24, 2.45) is 28.1 Å². The molecule has 5 aliphatic rings. The van der Waals surface area contributed by atoms with E-state index in [0.29, 0.717) is 25.2 Å². The Morgan fingerprint density at radius 1 is 1.16 bits per heavy atom. The third-order valence-electron chi connectivity index (χ3n) is 10.3. The molecule has 5 aliphatic carbocycles. The van der Waals surface area contributed by atoms with Crippen LogP contribution in [0.5, 0.6) is 0 Å². The summed E-state index contributed by atoms with van der Waals surface area (Å²) in [6.07, 6.45) is 13.9. The highest BCUT2D eigenvalue weighted by Gasteiger charge is 2.71. The minimum Gasteiger partial charge on any atom is -0.382 e. The highest BCUT2D eigenvalue weighted by Crippen LogP contribution is 2.69. The quantitative estimate of drug-likeness (QED) is 0.341. The van der Waals surface area contributed by atoms with Gasteiger partial charge in [0.05, 0.1) is 5.71 Å². The lowest BCUT2D eigenvalue weighted by Crippen LogP contribution is -2.60. The number of nitrogens with one attached hydrogen (secondary N) is 1. The molecule has 0 aromatic heterocycles. The van der Waals surface area contributed by atoms with E-state index in [1.165, 1.54) is 35.1 Å². The van der Waals surface area contributed by atoms with Gasteiger partial charge in [0, 0.05) is 11.3 Å². The molecule has 5 nitrogen and oxygen atoms in total. The van der Waals surface area contributed by atoms with Crippen LogP contribution in [0.3, 0.4) is 0 Å². The molecule has 1 aromatic carbocycles. The summed E-state index contributed by atoms with van der Waals surface area (Å²) in [7, 11) is 0. The first-order valence-electron chi connectivity index (χ1n) is 13.8. The molecule has 2 amide bonds. The Morgan fingerprint density at radius 3 is 2.53 bits per heavy atom. The number of halogens is 2. The topological polar surface area (TPSA) is 87.7 Å². The van der Waals surface area contributed by atoms with Gasteiger partial charge < -0.3 is 10.8 Å². The Hall–Kier alpha value is -2.98. The molecular formula is C31H35F2N3O2. The number of allylic oxidation sites excluding steroid dienone is 4. The third kappa shape index (κ3) is 3.75. The number of amides is 2. The number of aliphatic hydroxyl groups is 1. The van der Waals surface area contributed by atoms with Crippen molar-refractivity contribution in [1.29, 1.82) is 0 Å². The first-order chi connectivity index (χ1) is 18.1. The number of primary amides is 1. The molecule has 4 N–H and O–H groups in total. The van der Waals surface area contributed by atoms with Crippen LogP contribution in [0.25, 0.3) is 0 Å². The first-order valence-corrected chi connectivity index (χ1v) is 13.8. The van der Waals surface area contributed by atoms with Gasteiger partial charge >= 0.3 is 12.0 Å². The number of hydrazone groups is 1. The van der Waals surface area contributed by atoms with Crippen molar-refractivity contribution in [3.8, 4) is 12.3 Å². The molecule has 200 valence electrons. The number of terminal acetylenes is 1. The summed E-state index contributed by atoms with van der Waals surface area (Å²) in [5, 5.41) is 15.8. The van der Waals surface area contributed by atoms with E-state index in [2.05, 4.69) is 40.9 Å². The van der Waals surface area contributed by atoms with E-state index < -0.39 is 23.0 Å². The monoisotopic (exact) mass is 519 g/mol. The van der Waals surface area contributed by atoms with Crippen LogP contribution >= 0.6 is 0 Å². The zero-order valence-electron chi connectivity index (χ0n) is 21.8. The maximum Gasteiger partial charge on any atom is 0.336 e. The lowest BCUT2D eigenvalue weighted by molar-refractivity contribution is -0.209. The van der Waals surface area contributed by atoms with Crippen LogP contribution in [0.1, 0.15) is 87.7 Å². The van der Waals surface area contributed by atoms with Crippen LogP contribution < -0.4 is 11.2 Å². The number of nitrogens with zero attached hydrogens (tertiary/aromatic N) is 1. The lowest BCUT2D eigenvalue weighted by atomic mass is 9.50. The van der Waals surface area contributed by atoms with Crippen LogP contribution in [0, 0.1) is 29.6 Å². The van der Waals surface area contributed by atoms with E-state index in [1.54, 1.807) is 5.92 Å². The summed E-state index contributed by atoms with van der Waals surface area (Å²) in [4.78, 5) is 11.2. The Bertz CT molecular complexity index is 1300. The van der Waals surface area contributed by atoms with Gasteiger partial charge in [0.2, 0.25) is 0 Å². The lowest BCUT2D eigenvalue weighted by Gasteiger charge is -2.55. The van der Waals surface area contributed by atoms with Gasteiger partial charge in [-0.3, -0.25) is 0 Å². The molecule has 1 unspecified atom stereocenters. The van der Waals surface area contributed by atoms with Crippen molar-refractivity contribution >= 4 is 11.7 Å². The van der Waals surface area contributed by atoms with E-state index in [4.69, 9.17) is 12.2 Å². The molecular weight excluding hydrogens is 484 g/mol. The number of hydrogen-bond acceptors (Lipinski definition) is 3. The molecule has 1 aromatic rings.